The highest BCUT2D eigenvalue weighted by Crippen LogP contribution is 2.03. The summed E-state index contributed by atoms with van der Waals surface area (Å²) in [5.74, 6) is 0. The van der Waals surface area contributed by atoms with E-state index in [1.54, 1.807) is 18.2 Å². The molecule has 0 aliphatic heterocycles. The first-order valence-corrected chi connectivity index (χ1v) is 4.31. The minimum absolute atomic E-state index is 0.0736. The van der Waals surface area contributed by atoms with Crippen LogP contribution >= 0.6 is 0 Å². The molecule has 3 nitrogen and oxygen atoms in total. The lowest BCUT2D eigenvalue weighted by atomic mass is 10.2. The average Bonchev–Trinajstić information content (AvgIpc) is 2.23. The topological polar surface area (TPSA) is 34.9 Å². The van der Waals surface area contributed by atoms with Crippen molar-refractivity contribution in [1.29, 1.82) is 0 Å². The molecule has 0 saturated heterocycles. The molecule has 0 amide bonds. The third-order valence-corrected chi connectivity index (χ3v) is 1.98. The van der Waals surface area contributed by atoms with Crippen molar-refractivity contribution in [3.05, 3.63) is 53.6 Å². The molecule has 0 atom stereocenters. The molecule has 0 fully saturated rings. The molecule has 1 heterocycles. The fourth-order valence-corrected chi connectivity index (χ4v) is 1.31. The molecule has 1 aromatic heterocycles. The summed E-state index contributed by atoms with van der Waals surface area (Å²) in [6, 6.07) is 7.23. The molecular formula is C11H9N2O. The molecule has 14 heavy (non-hydrogen) atoms. The van der Waals surface area contributed by atoms with E-state index < -0.39 is 0 Å². The zero-order valence-electron chi connectivity index (χ0n) is 7.60. The van der Waals surface area contributed by atoms with Crippen LogP contribution in [-0.4, -0.2) is 9.55 Å². The summed E-state index contributed by atoms with van der Waals surface area (Å²) in [5.41, 5.74) is 0.605. The standard InChI is InChI=1S/C11H9N2O/c1-2-7-13-8-12-10-6-4-3-5-9(10)11(13)14/h2-6H,1,7H2. The molecule has 0 aliphatic carbocycles. The number of para-hydroxylation sites is 1. The first kappa shape index (κ1) is 8.69. The van der Waals surface area contributed by atoms with Gasteiger partial charge in [0.15, 0.2) is 6.33 Å². The van der Waals surface area contributed by atoms with Crippen LogP contribution in [0.3, 0.4) is 0 Å². The number of aromatic nitrogens is 2. The number of hydrogen-bond acceptors (Lipinski definition) is 2. The monoisotopic (exact) mass is 185 g/mol. The highest BCUT2D eigenvalue weighted by molar-refractivity contribution is 5.76. The fourth-order valence-electron chi connectivity index (χ4n) is 1.31. The smallest absolute Gasteiger partial charge is 0.262 e. The maximum Gasteiger partial charge on any atom is 0.262 e. The number of nitrogens with zero attached hydrogens (tertiary/aromatic N) is 2. The molecule has 0 N–H and O–H groups in total. The quantitative estimate of drug-likeness (QED) is 0.662. The van der Waals surface area contributed by atoms with Crippen LogP contribution in [0.1, 0.15) is 0 Å². The van der Waals surface area contributed by atoms with E-state index in [1.165, 1.54) is 4.57 Å². The van der Waals surface area contributed by atoms with Crippen LogP contribution in [0.4, 0.5) is 0 Å². The number of rotatable bonds is 2. The average molecular weight is 185 g/mol. The Morgan fingerprint density at radius 1 is 1.50 bits per heavy atom. The Bertz CT molecular complexity index is 528. The predicted molar refractivity (Wildman–Crippen MR) is 55.0 cm³/mol. The van der Waals surface area contributed by atoms with Crippen LogP contribution < -0.4 is 5.56 Å². The molecule has 0 unspecified atom stereocenters. The van der Waals surface area contributed by atoms with Gasteiger partial charge in [-0.2, -0.15) is 0 Å². The number of fused-ring (bicyclic) bond motifs is 1. The fraction of sp³-hybridized carbons (Fsp3) is 0.0909. The predicted octanol–water partition coefficient (Wildman–Crippen LogP) is 1.38. The van der Waals surface area contributed by atoms with Crippen molar-refractivity contribution in [2.75, 3.05) is 0 Å². The Kier molecular flexibility index (Phi) is 2.14. The van der Waals surface area contributed by atoms with Crippen LogP contribution in [0, 0.1) is 6.33 Å². The van der Waals surface area contributed by atoms with Gasteiger partial charge in [0.05, 0.1) is 10.9 Å². The highest BCUT2D eigenvalue weighted by atomic mass is 16.1. The molecule has 69 valence electrons. The van der Waals surface area contributed by atoms with E-state index in [-0.39, 0.29) is 5.56 Å². The second kappa shape index (κ2) is 3.46. The summed E-state index contributed by atoms with van der Waals surface area (Å²) in [7, 11) is 0. The second-order valence-corrected chi connectivity index (χ2v) is 2.93. The second-order valence-electron chi connectivity index (χ2n) is 2.93. The summed E-state index contributed by atoms with van der Waals surface area (Å²) in [4.78, 5) is 15.8. The van der Waals surface area contributed by atoms with Crippen molar-refractivity contribution in [3.63, 3.8) is 0 Å². The number of allylic oxidation sites excluding steroid dienone is 1. The number of benzene rings is 1. The van der Waals surface area contributed by atoms with Gasteiger partial charge in [-0.25, -0.2) is 4.98 Å². The molecule has 1 radical (unpaired) electrons. The van der Waals surface area contributed by atoms with Gasteiger partial charge >= 0.3 is 0 Å². The van der Waals surface area contributed by atoms with Crippen LogP contribution in [0.15, 0.2) is 41.7 Å². The summed E-state index contributed by atoms with van der Waals surface area (Å²) in [6.45, 7) is 4.01. The molecular weight excluding hydrogens is 176 g/mol. The first-order chi connectivity index (χ1) is 6.83. The summed E-state index contributed by atoms with van der Waals surface area (Å²) in [5, 5.41) is 0.619. The molecule has 2 rings (SSSR count). The lowest BCUT2D eigenvalue weighted by molar-refractivity contribution is 0.759. The van der Waals surface area contributed by atoms with E-state index in [0.717, 1.165) is 0 Å². The van der Waals surface area contributed by atoms with Crippen LogP contribution in [0.25, 0.3) is 10.9 Å². The van der Waals surface area contributed by atoms with Crippen molar-refractivity contribution < 1.29 is 0 Å². The SMILES string of the molecule is C=CCn1[c]nc2ccccc2c1=O. The van der Waals surface area contributed by atoms with E-state index in [4.69, 9.17) is 0 Å². The summed E-state index contributed by atoms with van der Waals surface area (Å²) in [6.07, 6.45) is 4.31. The van der Waals surface area contributed by atoms with Gasteiger partial charge in [-0.05, 0) is 12.1 Å². The first-order valence-electron chi connectivity index (χ1n) is 4.31. The Morgan fingerprint density at radius 2 is 2.29 bits per heavy atom. The molecule has 0 spiro atoms. The third kappa shape index (κ3) is 1.33. The summed E-state index contributed by atoms with van der Waals surface area (Å²) >= 11 is 0. The van der Waals surface area contributed by atoms with E-state index >= 15 is 0 Å². The minimum Gasteiger partial charge on any atom is -0.286 e. The molecule has 3 heteroatoms. The molecule has 0 saturated carbocycles. The van der Waals surface area contributed by atoms with Crippen molar-refractivity contribution in [2.45, 2.75) is 6.54 Å². The van der Waals surface area contributed by atoms with Gasteiger partial charge < -0.3 is 0 Å². The zero-order chi connectivity index (χ0) is 9.97. The zero-order valence-corrected chi connectivity index (χ0v) is 7.60. The van der Waals surface area contributed by atoms with E-state index in [1.807, 2.05) is 12.1 Å². The van der Waals surface area contributed by atoms with E-state index in [2.05, 4.69) is 17.9 Å². The number of hydrogen-bond donors (Lipinski definition) is 0. The normalized spacial score (nSPS) is 10.3. The maximum absolute atomic E-state index is 11.8. The molecule has 0 bridgehead atoms. The Morgan fingerprint density at radius 3 is 3.07 bits per heavy atom. The van der Waals surface area contributed by atoms with Gasteiger partial charge in [0.2, 0.25) is 0 Å². The van der Waals surface area contributed by atoms with Crippen LogP contribution in [-0.2, 0) is 6.54 Å². The van der Waals surface area contributed by atoms with Crippen molar-refractivity contribution in [1.82, 2.24) is 9.55 Å². The lowest BCUT2D eigenvalue weighted by Crippen LogP contribution is -2.20. The Hall–Kier alpha value is -1.90. The van der Waals surface area contributed by atoms with Gasteiger partial charge in [-0.3, -0.25) is 9.36 Å². The largest absolute Gasteiger partial charge is 0.286 e. The van der Waals surface area contributed by atoms with Gasteiger partial charge in [-0.15, -0.1) is 6.58 Å². The van der Waals surface area contributed by atoms with Crippen molar-refractivity contribution in [2.24, 2.45) is 0 Å². The lowest BCUT2D eigenvalue weighted by Gasteiger charge is -2.01. The van der Waals surface area contributed by atoms with Crippen LogP contribution in [0.2, 0.25) is 0 Å². The Labute approximate surface area is 81.3 Å². The van der Waals surface area contributed by atoms with E-state index in [9.17, 15) is 4.79 Å². The van der Waals surface area contributed by atoms with Gasteiger partial charge in [0.25, 0.3) is 5.56 Å². The third-order valence-electron chi connectivity index (χ3n) is 1.98. The summed E-state index contributed by atoms with van der Waals surface area (Å²) < 4.78 is 1.41. The highest BCUT2D eigenvalue weighted by Gasteiger charge is 2.01. The molecule has 0 aliphatic rings. The molecule has 1 aromatic carbocycles. The van der Waals surface area contributed by atoms with Gasteiger partial charge in [0.1, 0.15) is 0 Å². The van der Waals surface area contributed by atoms with Gasteiger partial charge in [0, 0.05) is 6.54 Å². The van der Waals surface area contributed by atoms with Crippen molar-refractivity contribution in [3.8, 4) is 0 Å². The van der Waals surface area contributed by atoms with Crippen LogP contribution in [0.5, 0.6) is 0 Å². The van der Waals surface area contributed by atoms with Gasteiger partial charge in [-0.1, -0.05) is 18.2 Å². The van der Waals surface area contributed by atoms with Crippen molar-refractivity contribution >= 4 is 10.9 Å². The maximum atomic E-state index is 11.8. The minimum atomic E-state index is -0.0736. The molecule has 2 aromatic rings. The Balaban J connectivity index is 2.75. The van der Waals surface area contributed by atoms with E-state index in [0.29, 0.717) is 17.4 Å².